The summed E-state index contributed by atoms with van der Waals surface area (Å²) in [6.07, 6.45) is 4.06. The third-order valence-electron chi connectivity index (χ3n) is 4.76. The fourth-order valence-corrected chi connectivity index (χ4v) is 4.31. The number of esters is 1. The maximum Gasteiger partial charge on any atom is 0.326 e. The summed E-state index contributed by atoms with van der Waals surface area (Å²) in [6.45, 7) is -0.701. The molecule has 7 nitrogen and oxygen atoms in total. The third kappa shape index (κ3) is 4.61. The van der Waals surface area contributed by atoms with Crippen LogP contribution in [0.15, 0.2) is 29.2 Å². The molecule has 0 aromatic heterocycles. The number of hydrogen-bond donors (Lipinski definition) is 1. The summed E-state index contributed by atoms with van der Waals surface area (Å²) < 4.78 is 5.04. The first kappa shape index (κ1) is 19.2. The zero-order chi connectivity index (χ0) is 19.3. The molecule has 3 rings (SSSR count). The monoisotopic (exact) mass is 387 g/mol. The predicted molar refractivity (Wildman–Crippen MR) is 100 cm³/mol. The highest BCUT2D eigenvalue weighted by Crippen LogP contribution is 2.34. The van der Waals surface area contributed by atoms with Crippen LogP contribution in [0.1, 0.15) is 32.1 Å². The highest BCUT2D eigenvalue weighted by molar-refractivity contribution is 8.00. The molecule has 1 heterocycles. The van der Waals surface area contributed by atoms with E-state index >= 15 is 0 Å². The van der Waals surface area contributed by atoms with Crippen molar-refractivity contribution in [3.8, 4) is 6.07 Å². The SMILES string of the molecule is N#CC1(NC(=O)COC(=O)CN2C(=O)CSc3ccccc32)CCCCC1. The van der Waals surface area contributed by atoms with Gasteiger partial charge in [-0.25, -0.2) is 0 Å². The molecule has 1 fully saturated rings. The van der Waals surface area contributed by atoms with Crippen LogP contribution >= 0.6 is 11.8 Å². The quantitative estimate of drug-likeness (QED) is 0.776. The summed E-state index contributed by atoms with van der Waals surface area (Å²) in [4.78, 5) is 38.7. The number of amides is 2. The van der Waals surface area contributed by atoms with Crippen molar-refractivity contribution in [3.05, 3.63) is 24.3 Å². The summed E-state index contributed by atoms with van der Waals surface area (Å²) in [5, 5.41) is 12.1. The number of hydrogen-bond acceptors (Lipinski definition) is 6. The number of fused-ring (bicyclic) bond motifs is 1. The highest BCUT2D eigenvalue weighted by atomic mass is 32.2. The molecule has 1 aromatic carbocycles. The highest BCUT2D eigenvalue weighted by Gasteiger charge is 2.34. The van der Waals surface area contributed by atoms with Gasteiger partial charge in [-0.2, -0.15) is 5.26 Å². The average Bonchev–Trinajstić information content (AvgIpc) is 2.69. The van der Waals surface area contributed by atoms with Crippen LogP contribution in [0.4, 0.5) is 5.69 Å². The lowest BCUT2D eigenvalue weighted by Gasteiger charge is -2.31. The van der Waals surface area contributed by atoms with Gasteiger partial charge in [0.15, 0.2) is 6.61 Å². The minimum Gasteiger partial charge on any atom is -0.454 e. The lowest BCUT2D eigenvalue weighted by molar-refractivity contribution is -0.148. The second-order valence-electron chi connectivity index (χ2n) is 6.70. The molecule has 8 heteroatoms. The van der Waals surface area contributed by atoms with Crippen molar-refractivity contribution in [2.75, 3.05) is 23.8 Å². The Hall–Kier alpha value is -2.53. The molecule has 1 aliphatic heterocycles. The number of rotatable bonds is 5. The van der Waals surface area contributed by atoms with E-state index in [-0.39, 0.29) is 18.2 Å². The Labute approximate surface area is 162 Å². The number of anilines is 1. The average molecular weight is 387 g/mol. The van der Waals surface area contributed by atoms with Crippen LogP contribution in [-0.2, 0) is 19.1 Å². The van der Waals surface area contributed by atoms with Gasteiger partial charge in [0.2, 0.25) is 5.91 Å². The smallest absolute Gasteiger partial charge is 0.326 e. The molecule has 1 N–H and O–H groups in total. The number of nitrogens with zero attached hydrogens (tertiary/aromatic N) is 2. The van der Waals surface area contributed by atoms with Crippen molar-refractivity contribution in [2.45, 2.75) is 42.5 Å². The van der Waals surface area contributed by atoms with Crippen molar-refractivity contribution < 1.29 is 19.1 Å². The van der Waals surface area contributed by atoms with Crippen molar-refractivity contribution in [1.29, 1.82) is 5.26 Å². The second-order valence-corrected chi connectivity index (χ2v) is 7.72. The van der Waals surface area contributed by atoms with E-state index in [9.17, 15) is 19.6 Å². The van der Waals surface area contributed by atoms with Crippen LogP contribution in [0.3, 0.4) is 0 Å². The Balaban J connectivity index is 1.53. The van der Waals surface area contributed by atoms with Crippen LogP contribution < -0.4 is 10.2 Å². The molecule has 0 radical (unpaired) electrons. The zero-order valence-electron chi connectivity index (χ0n) is 14.9. The van der Waals surface area contributed by atoms with E-state index in [1.54, 1.807) is 12.1 Å². The Morgan fingerprint density at radius 2 is 2.00 bits per heavy atom. The molecule has 0 saturated heterocycles. The Morgan fingerprint density at radius 3 is 2.74 bits per heavy atom. The Morgan fingerprint density at radius 1 is 1.26 bits per heavy atom. The van der Waals surface area contributed by atoms with E-state index in [0.29, 0.717) is 18.5 Å². The summed E-state index contributed by atoms with van der Waals surface area (Å²) in [6, 6.07) is 9.53. The second kappa shape index (κ2) is 8.44. The standard InChI is InChI=1S/C19H21N3O4S/c20-13-19(8-4-1-5-9-19)21-16(23)11-26-18(25)10-22-14-6-2-3-7-15(14)27-12-17(22)24/h2-3,6-7H,1,4-5,8-12H2,(H,21,23). The molecule has 0 atom stereocenters. The molecule has 1 aromatic rings. The number of carbonyl (C=O) groups is 3. The summed E-state index contributed by atoms with van der Waals surface area (Å²) in [7, 11) is 0. The summed E-state index contributed by atoms with van der Waals surface area (Å²) in [5.41, 5.74) is -0.188. The molecule has 1 saturated carbocycles. The van der Waals surface area contributed by atoms with Crippen LogP contribution in [0, 0.1) is 11.3 Å². The van der Waals surface area contributed by atoms with Crippen LogP contribution in [0.25, 0.3) is 0 Å². The predicted octanol–water partition coefficient (Wildman–Crippen LogP) is 2.01. The van der Waals surface area contributed by atoms with Gasteiger partial charge in [0.1, 0.15) is 12.1 Å². The molecule has 2 amide bonds. The van der Waals surface area contributed by atoms with Gasteiger partial charge in [0, 0.05) is 4.90 Å². The van der Waals surface area contributed by atoms with Gasteiger partial charge in [0.25, 0.3) is 5.91 Å². The minimum atomic E-state index is -0.860. The maximum atomic E-state index is 12.2. The van der Waals surface area contributed by atoms with Crippen LogP contribution in [0.5, 0.6) is 0 Å². The molecule has 1 aliphatic carbocycles. The number of para-hydroxylation sites is 1. The first-order valence-electron chi connectivity index (χ1n) is 8.93. The van der Waals surface area contributed by atoms with E-state index in [0.717, 1.165) is 24.2 Å². The topological polar surface area (TPSA) is 99.5 Å². The summed E-state index contributed by atoms with van der Waals surface area (Å²) in [5.74, 6) is -1.07. The van der Waals surface area contributed by atoms with Gasteiger partial charge in [-0.1, -0.05) is 31.4 Å². The zero-order valence-corrected chi connectivity index (χ0v) is 15.7. The Bertz CT molecular complexity index is 783. The van der Waals surface area contributed by atoms with E-state index in [1.807, 2.05) is 12.1 Å². The Kier molecular flexibility index (Phi) is 6.01. The van der Waals surface area contributed by atoms with Crippen molar-refractivity contribution >= 4 is 35.2 Å². The minimum absolute atomic E-state index is 0.175. The number of thioether (sulfide) groups is 1. The normalized spacial score (nSPS) is 18.2. The number of carbonyl (C=O) groups excluding carboxylic acids is 3. The number of benzene rings is 1. The molecule has 27 heavy (non-hydrogen) atoms. The van der Waals surface area contributed by atoms with Gasteiger partial charge >= 0.3 is 5.97 Å². The molecule has 142 valence electrons. The number of ether oxygens (including phenoxy) is 1. The van der Waals surface area contributed by atoms with Gasteiger partial charge in [0.05, 0.1) is 17.5 Å². The molecule has 0 bridgehead atoms. The molecular weight excluding hydrogens is 366 g/mol. The van der Waals surface area contributed by atoms with E-state index < -0.39 is 24.0 Å². The van der Waals surface area contributed by atoms with Gasteiger partial charge in [-0.3, -0.25) is 19.3 Å². The lowest BCUT2D eigenvalue weighted by Crippen LogP contribution is -2.50. The largest absolute Gasteiger partial charge is 0.454 e. The van der Waals surface area contributed by atoms with Crippen molar-refractivity contribution in [1.82, 2.24) is 5.32 Å². The van der Waals surface area contributed by atoms with Crippen LogP contribution in [0.2, 0.25) is 0 Å². The maximum absolute atomic E-state index is 12.2. The van der Waals surface area contributed by atoms with Crippen molar-refractivity contribution in [3.63, 3.8) is 0 Å². The van der Waals surface area contributed by atoms with E-state index in [2.05, 4.69) is 11.4 Å². The molecule has 0 spiro atoms. The molecular formula is C19H21N3O4S. The first-order chi connectivity index (χ1) is 13.0. The summed E-state index contributed by atoms with van der Waals surface area (Å²) >= 11 is 1.43. The fraction of sp³-hybridized carbons (Fsp3) is 0.474. The first-order valence-corrected chi connectivity index (χ1v) is 9.92. The van der Waals surface area contributed by atoms with Crippen LogP contribution in [-0.4, -0.2) is 42.2 Å². The molecule has 2 aliphatic rings. The van der Waals surface area contributed by atoms with E-state index in [1.165, 1.54) is 16.7 Å². The van der Waals surface area contributed by atoms with Gasteiger partial charge in [-0.15, -0.1) is 11.8 Å². The number of nitrogens with one attached hydrogen (secondary N) is 1. The van der Waals surface area contributed by atoms with Gasteiger partial charge in [-0.05, 0) is 25.0 Å². The molecule has 0 unspecified atom stereocenters. The fourth-order valence-electron chi connectivity index (χ4n) is 3.37. The lowest BCUT2D eigenvalue weighted by atomic mass is 9.83. The third-order valence-corrected chi connectivity index (χ3v) is 5.81. The van der Waals surface area contributed by atoms with Gasteiger partial charge < -0.3 is 10.1 Å². The number of nitriles is 1. The van der Waals surface area contributed by atoms with E-state index in [4.69, 9.17) is 4.74 Å². The van der Waals surface area contributed by atoms with Crippen molar-refractivity contribution in [2.24, 2.45) is 0 Å².